The first kappa shape index (κ1) is 12.5. The molecule has 0 atom stereocenters. The van der Waals surface area contributed by atoms with Crippen LogP contribution >= 0.6 is 12.2 Å². The van der Waals surface area contributed by atoms with E-state index < -0.39 is 5.97 Å². The lowest BCUT2D eigenvalue weighted by Crippen LogP contribution is -2.33. The van der Waals surface area contributed by atoms with Gasteiger partial charge in [-0.2, -0.15) is 0 Å². The van der Waals surface area contributed by atoms with Gasteiger partial charge >= 0.3 is 5.97 Å². The van der Waals surface area contributed by atoms with Crippen molar-refractivity contribution >= 4 is 34.9 Å². The molecule has 0 aromatic heterocycles. The van der Waals surface area contributed by atoms with Crippen molar-refractivity contribution in [2.45, 2.75) is 6.42 Å². The summed E-state index contributed by atoms with van der Waals surface area (Å²) < 4.78 is 0. The number of nitrogens with zero attached hydrogens (tertiary/aromatic N) is 2. The fourth-order valence-electron chi connectivity index (χ4n) is 1.79. The molecule has 6 heteroatoms. The number of thiocarbonyl (C=S) groups is 1. The largest absolute Gasteiger partial charge is 0.481 e. The van der Waals surface area contributed by atoms with Gasteiger partial charge in [0, 0.05) is 6.54 Å². The summed E-state index contributed by atoms with van der Waals surface area (Å²) in [6.45, 7) is 0.393. The molecule has 1 aromatic rings. The van der Waals surface area contributed by atoms with Gasteiger partial charge in [-0.15, -0.1) is 0 Å². The van der Waals surface area contributed by atoms with Gasteiger partial charge in [-0.3, -0.25) is 14.5 Å². The van der Waals surface area contributed by atoms with Gasteiger partial charge in [-0.1, -0.05) is 18.2 Å². The van der Waals surface area contributed by atoms with E-state index in [0.717, 1.165) is 0 Å². The van der Waals surface area contributed by atoms with Crippen molar-refractivity contribution in [3.8, 4) is 0 Å². The van der Waals surface area contributed by atoms with Crippen LogP contribution in [0.2, 0.25) is 0 Å². The Morgan fingerprint density at radius 1 is 1.33 bits per heavy atom. The smallest absolute Gasteiger partial charge is 0.305 e. The highest BCUT2D eigenvalue weighted by atomic mass is 32.1. The van der Waals surface area contributed by atoms with Crippen molar-refractivity contribution in [3.05, 3.63) is 30.3 Å². The Morgan fingerprint density at radius 2 is 2.00 bits per heavy atom. The number of aliphatic carboxylic acids is 1. The molecule has 0 unspecified atom stereocenters. The lowest BCUT2D eigenvalue weighted by Gasteiger charge is -2.19. The third-order valence-electron chi connectivity index (χ3n) is 2.65. The summed E-state index contributed by atoms with van der Waals surface area (Å²) in [6, 6.07) is 9.10. The second kappa shape index (κ2) is 5.14. The van der Waals surface area contributed by atoms with E-state index in [1.165, 1.54) is 4.90 Å². The average Bonchev–Trinajstić information content (AvgIpc) is 2.63. The first-order valence-electron chi connectivity index (χ1n) is 5.48. The second-order valence-electron chi connectivity index (χ2n) is 3.91. The monoisotopic (exact) mass is 264 g/mol. The highest BCUT2D eigenvalue weighted by Crippen LogP contribution is 2.21. The van der Waals surface area contributed by atoms with Crippen LogP contribution in [0.25, 0.3) is 0 Å². The normalized spacial score (nSPS) is 15.3. The molecular formula is C12H12N2O3S. The summed E-state index contributed by atoms with van der Waals surface area (Å²) in [4.78, 5) is 25.5. The minimum absolute atomic E-state index is 0.0317. The molecule has 0 spiro atoms. The molecule has 1 heterocycles. The van der Waals surface area contributed by atoms with Crippen LogP contribution < -0.4 is 4.90 Å². The van der Waals surface area contributed by atoms with Crippen LogP contribution in [0.5, 0.6) is 0 Å². The molecule has 18 heavy (non-hydrogen) atoms. The molecule has 1 aliphatic rings. The molecule has 2 rings (SSSR count). The van der Waals surface area contributed by atoms with E-state index in [9.17, 15) is 9.59 Å². The first-order chi connectivity index (χ1) is 8.59. The summed E-state index contributed by atoms with van der Waals surface area (Å²) in [5.41, 5.74) is 0.713. The van der Waals surface area contributed by atoms with Gasteiger partial charge in [0.2, 0.25) is 0 Å². The maximum atomic E-state index is 11.9. The Balaban J connectivity index is 2.12. The number of anilines is 1. The molecular weight excluding hydrogens is 252 g/mol. The maximum Gasteiger partial charge on any atom is 0.305 e. The van der Waals surface area contributed by atoms with E-state index in [1.54, 1.807) is 17.0 Å². The number of rotatable bonds is 4. The third kappa shape index (κ3) is 2.48. The Labute approximate surface area is 110 Å². The van der Waals surface area contributed by atoms with Gasteiger partial charge in [-0.05, 0) is 24.4 Å². The molecule has 1 saturated heterocycles. The van der Waals surface area contributed by atoms with Crippen molar-refractivity contribution in [1.82, 2.24) is 4.90 Å². The van der Waals surface area contributed by atoms with Crippen LogP contribution in [0.3, 0.4) is 0 Å². The summed E-state index contributed by atoms with van der Waals surface area (Å²) in [5.74, 6) is -1.03. The number of hydrogen-bond acceptors (Lipinski definition) is 3. The van der Waals surface area contributed by atoms with Crippen LogP contribution in [0.15, 0.2) is 30.3 Å². The van der Waals surface area contributed by atoms with Crippen molar-refractivity contribution in [1.29, 1.82) is 0 Å². The van der Waals surface area contributed by atoms with Gasteiger partial charge in [0.15, 0.2) is 5.11 Å². The molecule has 0 saturated carbocycles. The number of carbonyl (C=O) groups excluding carboxylic acids is 1. The van der Waals surface area contributed by atoms with Crippen molar-refractivity contribution in [3.63, 3.8) is 0 Å². The number of amides is 1. The number of carbonyl (C=O) groups is 2. The van der Waals surface area contributed by atoms with Gasteiger partial charge < -0.3 is 10.0 Å². The van der Waals surface area contributed by atoms with Crippen LogP contribution in [0, 0.1) is 0 Å². The van der Waals surface area contributed by atoms with Crippen LogP contribution in [0.1, 0.15) is 6.42 Å². The zero-order chi connectivity index (χ0) is 13.1. The SMILES string of the molecule is O=C(O)CCN1CC(=O)N(c2ccccc2)C1=S. The fraction of sp³-hybridized carbons (Fsp3) is 0.250. The highest BCUT2D eigenvalue weighted by Gasteiger charge is 2.33. The minimum Gasteiger partial charge on any atom is -0.481 e. The van der Waals surface area contributed by atoms with Gasteiger partial charge in [0.05, 0.1) is 12.1 Å². The van der Waals surface area contributed by atoms with Crippen LogP contribution in [0.4, 0.5) is 5.69 Å². The Bertz CT molecular complexity index is 489. The molecule has 0 radical (unpaired) electrons. The summed E-state index contributed by atoms with van der Waals surface area (Å²) in [6.07, 6.45) is -0.0317. The predicted molar refractivity (Wildman–Crippen MR) is 70.4 cm³/mol. The van der Waals surface area contributed by atoms with E-state index in [-0.39, 0.29) is 25.4 Å². The predicted octanol–water partition coefficient (Wildman–Crippen LogP) is 1.09. The zero-order valence-electron chi connectivity index (χ0n) is 9.57. The first-order valence-corrected chi connectivity index (χ1v) is 5.89. The van der Waals surface area contributed by atoms with Crippen molar-refractivity contribution in [2.75, 3.05) is 18.0 Å². The topological polar surface area (TPSA) is 60.9 Å². The Morgan fingerprint density at radius 3 is 2.61 bits per heavy atom. The molecule has 1 fully saturated rings. The molecule has 5 nitrogen and oxygen atoms in total. The van der Waals surface area contributed by atoms with E-state index in [1.807, 2.05) is 18.2 Å². The maximum absolute atomic E-state index is 11.9. The molecule has 0 bridgehead atoms. The second-order valence-corrected chi connectivity index (χ2v) is 4.28. The van der Waals surface area contributed by atoms with E-state index >= 15 is 0 Å². The molecule has 1 amide bonds. The number of carboxylic acid groups (broad SMARTS) is 1. The molecule has 1 aromatic carbocycles. The minimum atomic E-state index is -0.900. The standard InChI is InChI=1S/C12H12N2O3S/c15-10-8-13(7-6-11(16)17)12(18)14(10)9-4-2-1-3-5-9/h1-5H,6-8H2,(H,16,17). The lowest BCUT2D eigenvalue weighted by atomic mass is 10.3. The number of para-hydroxylation sites is 1. The summed E-state index contributed by atoms with van der Waals surface area (Å²) in [7, 11) is 0. The number of hydrogen-bond donors (Lipinski definition) is 1. The zero-order valence-corrected chi connectivity index (χ0v) is 10.4. The molecule has 94 valence electrons. The fourth-order valence-corrected chi connectivity index (χ4v) is 2.15. The molecule has 1 aliphatic heterocycles. The molecule has 1 N–H and O–H groups in total. The number of carboxylic acids is 1. The van der Waals surface area contributed by atoms with Gasteiger partial charge in [0.1, 0.15) is 6.54 Å². The van der Waals surface area contributed by atoms with E-state index in [4.69, 9.17) is 17.3 Å². The van der Waals surface area contributed by atoms with Crippen molar-refractivity contribution in [2.24, 2.45) is 0 Å². The number of benzene rings is 1. The Kier molecular flexibility index (Phi) is 3.57. The highest BCUT2D eigenvalue weighted by molar-refractivity contribution is 7.80. The summed E-state index contributed by atoms with van der Waals surface area (Å²) in [5, 5.41) is 9.01. The summed E-state index contributed by atoms with van der Waals surface area (Å²) >= 11 is 5.21. The van der Waals surface area contributed by atoms with Gasteiger partial charge in [-0.25, -0.2) is 0 Å². The lowest BCUT2D eigenvalue weighted by molar-refractivity contribution is -0.137. The third-order valence-corrected chi connectivity index (χ3v) is 3.09. The van der Waals surface area contributed by atoms with Gasteiger partial charge in [0.25, 0.3) is 5.91 Å². The van der Waals surface area contributed by atoms with Crippen LogP contribution in [-0.4, -0.2) is 40.1 Å². The Hall–Kier alpha value is -1.95. The molecule has 0 aliphatic carbocycles. The van der Waals surface area contributed by atoms with E-state index in [2.05, 4.69) is 0 Å². The van der Waals surface area contributed by atoms with Crippen LogP contribution in [-0.2, 0) is 9.59 Å². The average molecular weight is 264 g/mol. The van der Waals surface area contributed by atoms with Crippen molar-refractivity contribution < 1.29 is 14.7 Å². The quantitative estimate of drug-likeness (QED) is 0.825. The van der Waals surface area contributed by atoms with E-state index in [0.29, 0.717) is 10.8 Å².